The average Bonchev–Trinajstić information content (AvgIpc) is 2.08. The van der Waals surface area contributed by atoms with Crippen molar-refractivity contribution in [3.63, 3.8) is 0 Å². The minimum atomic E-state index is -0.130. The van der Waals surface area contributed by atoms with Crippen molar-refractivity contribution in [1.29, 1.82) is 0 Å². The highest BCUT2D eigenvalue weighted by Crippen LogP contribution is 2.05. The van der Waals surface area contributed by atoms with Crippen LogP contribution in [0.25, 0.3) is 0 Å². The second-order valence-electron chi connectivity index (χ2n) is 3.91. The normalized spacial score (nSPS) is 13.2. The van der Waals surface area contributed by atoms with Crippen LogP contribution in [-0.4, -0.2) is 36.5 Å². The minimum Gasteiger partial charge on any atom is -0.409 e. The van der Waals surface area contributed by atoms with E-state index in [-0.39, 0.29) is 11.4 Å². The van der Waals surface area contributed by atoms with E-state index in [0.717, 1.165) is 0 Å². The number of amidine groups is 1. The summed E-state index contributed by atoms with van der Waals surface area (Å²) in [6.07, 6.45) is 0.437. The smallest absolute Gasteiger partial charge is 0.141 e. The predicted octanol–water partition coefficient (Wildman–Crippen LogP) is 0.955. The van der Waals surface area contributed by atoms with Crippen LogP contribution in [0, 0.1) is 0 Å². The molecule has 0 aliphatic carbocycles. The van der Waals surface area contributed by atoms with Crippen molar-refractivity contribution in [2.24, 2.45) is 10.9 Å². The van der Waals surface area contributed by atoms with Crippen molar-refractivity contribution in [2.75, 3.05) is 19.8 Å². The van der Waals surface area contributed by atoms with Crippen LogP contribution in [0.1, 0.15) is 27.2 Å². The first-order valence-electron chi connectivity index (χ1n) is 4.64. The van der Waals surface area contributed by atoms with Crippen molar-refractivity contribution in [3.05, 3.63) is 0 Å². The fourth-order valence-corrected chi connectivity index (χ4v) is 0.736. The molecule has 0 bridgehead atoms. The van der Waals surface area contributed by atoms with Gasteiger partial charge < -0.3 is 20.4 Å². The second-order valence-corrected chi connectivity index (χ2v) is 3.91. The van der Waals surface area contributed by atoms with Gasteiger partial charge in [-0.25, -0.2) is 0 Å². The van der Waals surface area contributed by atoms with E-state index in [4.69, 9.17) is 20.4 Å². The molecule has 0 saturated carbocycles. The first kappa shape index (κ1) is 13.2. The van der Waals surface area contributed by atoms with Gasteiger partial charge in [-0.1, -0.05) is 5.16 Å². The summed E-state index contributed by atoms with van der Waals surface area (Å²) in [5, 5.41) is 11.1. The molecule has 0 amide bonds. The van der Waals surface area contributed by atoms with Gasteiger partial charge in [0.15, 0.2) is 0 Å². The van der Waals surface area contributed by atoms with Crippen molar-refractivity contribution in [2.45, 2.75) is 32.8 Å². The summed E-state index contributed by atoms with van der Waals surface area (Å²) in [4.78, 5) is 0. The fourth-order valence-electron chi connectivity index (χ4n) is 0.736. The Hall–Kier alpha value is -0.810. The summed E-state index contributed by atoms with van der Waals surface area (Å²) in [5.74, 6) is 0.182. The zero-order valence-electron chi connectivity index (χ0n) is 9.12. The molecular formula is C9H20N2O3. The molecule has 84 valence electrons. The maximum atomic E-state index is 8.23. The third kappa shape index (κ3) is 9.28. The van der Waals surface area contributed by atoms with Crippen LogP contribution in [0.15, 0.2) is 5.16 Å². The zero-order valence-corrected chi connectivity index (χ0v) is 9.12. The van der Waals surface area contributed by atoms with E-state index in [0.29, 0.717) is 26.2 Å². The molecule has 0 aromatic carbocycles. The summed E-state index contributed by atoms with van der Waals surface area (Å²) in [5.41, 5.74) is 5.12. The Labute approximate surface area is 84.9 Å². The molecule has 0 unspecified atom stereocenters. The van der Waals surface area contributed by atoms with Crippen molar-refractivity contribution < 1.29 is 14.7 Å². The van der Waals surface area contributed by atoms with E-state index in [1.807, 2.05) is 20.8 Å². The van der Waals surface area contributed by atoms with Crippen LogP contribution in [-0.2, 0) is 9.47 Å². The quantitative estimate of drug-likeness (QED) is 0.222. The number of ether oxygens (including phenoxy) is 2. The van der Waals surface area contributed by atoms with Crippen molar-refractivity contribution in [1.82, 2.24) is 0 Å². The van der Waals surface area contributed by atoms with E-state index in [9.17, 15) is 0 Å². The van der Waals surface area contributed by atoms with Gasteiger partial charge in [0.2, 0.25) is 0 Å². The summed E-state index contributed by atoms with van der Waals surface area (Å²) in [6, 6.07) is 0. The monoisotopic (exact) mass is 204 g/mol. The number of oxime groups is 1. The summed E-state index contributed by atoms with van der Waals surface area (Å²) < 4.78 is 10.6. The van der Waals surface area contributed by atoms with Crippen LogP contribution < -0.4 is 5.73 Å². The third-order valence-corrected chi connectivity index (χ3v) is 1.39. The molecule has 0 aliphatic heterocycles. The molecule has 0 atom stereocenters. The molecule has 14 heavy (non-hydrogen) atoms. The lowest BCUT2D eigenvalue weighted by Crippen LogP contribution is -2.22. The molecule has 0 heterocycles. The molecule has 5 nitrogen and oxygen atoms in total. The van der Waals surface area contributed by atoms with Crippen LogP contribution in [0.2, 0.25) is 0 Å². The molecule has 0 saturated heterocycles. The van der Waals surface area contributed by atoms with E-state index in [2.05, 4.69) is 5.16 Å². The van der Waals surface area contributed by atoms with Gasteiger partial charge in [0.05, 0.1) is 25.4 Å². The highest BCUT2D eigenvalue weighted by atomic mass is 16.5. The number of nitrogens with two attached hydrogens (primary N) is 1. The number of hydrogen-bond acceptors (Lipinski definition) is 4. The van der Waals surface area contributed by atoms with Gasteiger partial charge in [0.1, 0.15) is 5.84 Å². The predicted molar refractivity (Wildman–Crippen MR) is 54.5 cm³/mol. The lowest BCUT2D eigenvalue weighted by Gasteiger charge is -2.19. The van der Waals surface area contributed by atoms with E-state index >= 15 is 0 Å². The maximum absolute atomic E-state index is 8.23. The van der Waals surface area contributed by atoms with Gasteiger partial charge >= 0.3 is 0 Å². The Morgan fingerprint density at radius 3 is 2.43 bits per heavy atom. The van der Waals surface area contributed by atoms with Gasteiger partial charge in [0.25, 0.3) is 0 Å². The largest absolute Gasteiger partial charge is 0.409 e. The molecule has 0 aliphatic rings. The van der Waals surface area contributed by atoms with Gasteiger partial charge in [-0.05, 0) is 20.8 Å². The Morgan fingerprint density at radius 2 is 1.93 bits per heavy atom. The SMILES string of the molecule is CC(C)(C)OCCOCCC(N)=NO. The number of hydrogen-bond donors (Lipinski definition) is 2. The highest BCUT2D eigenvalue weighted by molar-refractivity contribution is 5.79. The van der Waals surface area contributed by atoms with Gasteiger partial charge in [-0.15, -0.1) is 0 Å². The summed E-state index contributed by atoms with van der Waals surface area (Å²) in [6.45, 7) is 7.50. The molecule has 5 heteroatoms. The molecule has 0 aromatic rings. The molecular weight excluding hydrogens is 184 g/mol. The second kappa shape index (κ2) is 6.62. The average molecular weight is 204 g/mol. The summed E-state index contributed by atoms with van der Waals surface area (Å²) >= 11 is 0. The Bertz CT molecular complexity index is 175. The Kier molecular flexibility index (Phi) is 6.23. The topological polar surface area (TPSA) is 77.1 Å². The van der Waals surface area contributed by atoms with Crippen LogP contribution >= 0.6 is 0 Å². The lowest BCUT2D eigenvalue weighted by atomic mass is 10.2. The minimum absolute atomic E-state index is 0.130. The van der Waals surface area contributed by atoms with E-state index in [1.54, 1.807) is 0 Å². The molecule has 0 spiro atoms. The van der Waals surface area contributed by atoms with Gasteiger partial charge in [0, 0.05) is 6.42 Å². The Morgan fingerprint density at radius 1 is 1.29 bits per heavy atom. The number of nitrogens with zero attached hydrogens (tertiary/aromatic N) is 1. The summed E-state index contributed by atoms with van der Waals surface area (Å²) in [7, 11) is 0. The standard InChI is InChI=1S/C9H20N2O3/c1-9(2,3)14-7-6-13-5-4-8(10)11-12/h12H,4-7H2,1-3H3,(H2,10,11). The third-order valence-electron chi connectivity index (χ3n) is 1.39. The van der Waals surface area contributed by atoms with E-state index in [1.165, 1.54) is 0 Å². The van der Waals surface area contributed by atoms with Gasteiger partial charge in [-0.2, -0.15) is 0 Å². The van der Waals surface area contributed by atoms with E-state index < -0.39 is 0 Å². The maximum Gasteiger partial charge on any atom is 0.141 e. The molecule has 0 radical (unpaired) electrons. The first-order chi connectivity index (χ1) is 6.45. The van der Waals surface area contributed by atoms with Crippen LogP contribution in [0.3, 0.4) is 0 Å². The zero-order chi connectivity index (χ0) is 11.0. The Balaban J connectivity index is 3.23. The highest BCUT2D eigenvalue weighted by Gasteiger charge is 2.08. The van der Waals surface area contributed by atoms with Crippen LogP contribution in [0.5, 0.6) is 0 Å². The number of rotatable bonds is 6. The molecule has 0 fully saturated rings. The first-order valence-corrected chi connectivity index (χ1v) is 4.64. The van der Waals surface area contributed by atoms with Crippen LogP contribution in [0.4, 0.5) is 0 Å². The molecule has 0 aromatic heterocycles. The van der Waals surface area contributed by atoms with Gasteiger partial charge in [-0.3, -0.25) is 0 Å². The molecule has 3 N–H and O–H groups in total. The fraction of sp³-hybridized carbons (Fsp3) is 0.889. The lowest BCUT2D eigenvalue weighted by molar-refractivity contribution is -0.0339. The van der Waals surface area contributed by atoms with Crippen molar-refractivity contribution >= 4 is 5.84 Å². The van der Waals surface area contributed by atoms with Crippen molar-refractivity contribution in [3.8, 4) is 0 Å². The molecule has 0 rings (SSSR count).